The summed E-state index contributed by atoms with van der Waals surface area (Å²) < 4.78 is 6.84. The molecular formula is C23H22ClN3O4. The molecule has 3 rings (SSSR count). The first-order valence-corrected chi connectivity index (χ1v) is 10.1. The van der Waals surface area contributed by atoms with Crippen molar-refractivity contribution in [2.45, 2.75) is 27.2 Å². The Morgan fingerprint density at radius 3 is 2.16 bits per heavy atom. The number of hydrogen-bond donors (Lipinski definition) is 1. The molecule has 1 aromatic heterocycles. The molecule has 31 heavy (non-hydrogen) atoms. The SMILES string of the molecule is CCC(=O)Nc1ccc(C(=O)COC(=O)c2ccc(-n3nc(C)c(Cl)c3C)cc2)cc1. The van der Waals surface area contributed by atoms with Crippen LogP contribution in [0.4, 0.5) is 5.69 Å². The van der Waals surface area contributed by atoms with Crippen LogP contribution in [0.3, 0.4) is 0 Å². The Morgan fingerprint density at radius 2 is 1.61 bits per heavy atom. The van der Waals surface area contributed by atoms with Crippen molar-refractivity contribution >= 4 is 34.9 Å². The Balaban J connectivity index is 1.59. The van der Waals surface area contributed by atoms with Crippen LogP contribution >= 0.6 is 11.6 Å². The number of aryl methyl sites for hydroxylation is 1. The topological polar surface area (TPSA) is 90.3 Å². The van der Waals surface area contributed by atoms with Gasteiger partial charge in [-0.3, -0.25) is 9.59 Å². The number of Topliss-reactive ketones (excluding diaryl/α,β-unsaturated/α-hetero) is 1. The normalized spacial score (nSPS) is 10.6. The van der Waals surface area contributed by atoms with E-state index in [-0.39, 0.29) is 18.3 Å². The van der Waals surface area contributed by atoms with Crippen molar-refractivity contribution in [2.24, 2.45) is 0 Å². The van der Waals surface area contributed by atoms with Crippen LogP contribution in [0.5, 0.6) is 0 Å². The first-order valence-electron chi connectivity index (χ1n) is 9.72. The number of hydrogen-bond acceptors (Lipinski definition) is 5. The van der Waals surface area contributed by atoms with Crippen molar-refractivity contribution in [1.82, 2.24) is 9.78 Å². The number of aromatic nitrogens is 2. The summed E-state index contributed by atoms with van der Waals surface area (Å²) in [4.78, 5) is 36.0. The highest BCUT2D eigenvalue weighted by Crippen LogP contribution is 2.22. The number of ketones is 1. The van der Waals surface area contributed by atoms with Gasteiger partial charge in [-0.1, -0.05) is 18.5 Å². The molecule has 0 spiro atoms. The van der Waals surface area contributed by atoms with Gasteiger partial charge in [0.25, 0.3) is 0 Å². The van der Waals surface area contributed by atoms with Crippen LogP contribution in [0.2, 0.25) is 5.02 Å². The Hall–Kier alpha value is -3.45. The number of benzene rings is 2. The van der Waals surface area contributed by atoms with E-state index in [4.69, 9.17) is 16.3 Å². The van der Waals surface area contributed by atoms with E-state index in [1.165, 1.54) is 0 Å². The molecule has 0 aliphatic rings. The maximum atomic E-state index is 12.3. The van der Waals surface area contributed by atoms with Gasteiger partial charge in [0, 0.05) is 17.7 Å². The lowest BCUT2D eigenvalue weighted by atomic mass is 10.1. The minimum atomic E-state index is -0.599. The number of nitrogens with one attached hydrogen (secondary N) is 1. The van der Waals surface area contributed by atoms with Crippen LogP contribution in [-0.2, 0) is 9.53 Å². The van der Waals surface area contributed by atoms with Gasteiger partial charge in [0.1, 0.15) is 0 Å². The Morgan fingerprint density at radius 1 is 1.00 bits per heavy atom. The van der Waals surface area contributed by atoms with Crippen LogP contribution in [0.15, 0.2) is 48.5 Å². The smallest absolute Gasteiger partial charge is 0.338 e. The van der Waals surface area contributed by atoms with Gasteiger partial charge >= 0.3 is 5.97 Å². The van der Waals surface area contributed by atoms with Crippen LogP contribution in [0, 0.1) is 13.8 Å². The molecule has 0 aliphatic carbocycles. The summed E-state index contributed by atoms with van der Waals surface area (Å²) in [5.74, 6) is -1.05. The number of carbonyl (C=O) groups excluding carboxylic acids is 3. The molecule has 0 radical (unpaired) electrons. The number of esters is 1. The van der Waals surface area contributed by atoms with Crippen molar-refractivity contribution in [2.75, 3.05) is 11.9 Å². The molecule has 2 aromatic carbocycles. The Labute approximate surface area is 185 Å². The molecule has 0 fully saturated rings. The molecule has 1 N–H and O–H groups in total. The Bertz CT molecular complexity index is 1120. The van der Waals surface area contributed by atoms with Gasteiger partial charge in [-0.2, -0.15) is 5.10 Å². The van der Waals surface area contributed by atoms with Crippen molar-refractivity contribution < 1.29 is 19.1 Å². The zero-order valence-corrected chi connectivity index (χ0v) is 18.2. The monoisotopic (exact) mass is 439 g/mol. The Kier molecular flexibility index (Phi) is 6.87. The first kappa shape index (κ1) is 22.2. The summed E-state index contributed by atoms with van der Waals surface area (Å²) in [6.45, 7) is 5.06. The van der Waals surface area contributed by atoms with Gasteiger partial charge in [0.15, 0.2) is 12.4 Å². The van der Waals surface area contributed by atoms with Crippen LogP contribution in [0.1, 0.15) is 45.4 Å². The molecule has 1 heterocycles. The third-order valence-electron chi connectivity index (χ3n) is 4.70. The lowest BCUT2D eigenvalue weighted by Gasteiger charge is -2.08. The fourth-order valence-electron chi connectivity index (χ4n) is 2.90. The summed E-state index contributed by atoms with van der Waals surface area (Å²) in [5, 5.41) is 7.68. The average Bonchev–Trinajstić information content (AvgIpc) is 3.05. The first-order chi connectivity index (χ1) is 14.8. The molecule has 0 atom stereocenters. The summed E-state index contributed by atoms with van der Waals surface area (Å²) in [6.07, 6.45) is 0.368. The number of carbonyl (C=O) groups is 3. The number of nitrogens with zero attached hydrogens (tertiary/aromatic N) is 2. The summed E-state index contributed by atoms with van der Waals surface area (Å²) in [5.41, 5.74) is 3.60. The predicted octanol–water partition coefficient (Wildman–Crippen LogP) is 4.53. The van der Waals surface area contributed by atoms with E-state index >= 15 is 0 Å². The quantitative estimate of drug-likeness (QED) is 0.431. The van der Waals surface area contributed by atoms with Crippen molar-refractivity contribution in [1.29, 1.82) is 0 Å². The van der Waals surface area contributed by atoms with E-state index in [0.717, 1.165) is 17.1 Å². The van der Waals surface area contributed by atoms with Crippen molar-refractivity contribution in [3.8, 4) is 5.69 Å². The highest BCUT2D eigenvalue weighted by molar-refractivity contribution is 6.31. The predicted molar refractivity (Wildman–Crippen MR) is 118 cm³/mol. The van der Waals surface area contributed by atoms with E-state index in [1.807, 2.05) is 13.8 Å². The number of rotatable bonds is 7. The molecular weight excluding hydrogens is 418 g/mol. The highest BCUT2D eigenvalue weighted by atomic mass is 35.5. The lowest BCUT2D eigenvalue weighted by Crippen LogP contribution is -2.14. The van der Waals surface area contributed by atoms with Crippen LogP contribution in [-0.4, -0.2) is 34.0 Å². The maximum Gasteiger partial charge on any atom is 0.338 e. The van der Waals surface area contributed by atoms with Gasteiger partial charge in [-0.05, 0) is 62.4 Å². The van der Waals surface area contributed by atoms with Crippen molar-refractivity contribution in [3.05, 3.63) is 76.1 Å². The van der Waals surface area contributed by atoms with Crippen LogP contribution < -0.4 is 5.32 Å². The standard InChI is InChI=1S/C23H22ClN3O4/c1-4-21(29)25-18-9-5-16(6-10-18)20(28)13-31-23(30)17-7-11-19(12-8-17)27-15(3)22(24)14(2)26-27/h5-12H,4,13H2,1-3H3,(H,25,29). The third kappa shape index (κ3) is 5.19. The van der Waals surface area contributed by atoms with E-state index in [2.05, 4.69) is 10.4 Å². The van der Waals surface area contributed by atoms with Gasteiger partial charge < -0.3 is 10.1 Å². The molecule has 8 heteroatoms. The molecule has 0 saturated heterocycles. The largest absolute Gasteiger partial charge is 0.454 e. The second-order valence-corrected chi connectivity index (χ2v) is 7.30. The molecule has 0 unspecified atom stereocenters. The maximum absolute atomic E-state index is 12.3. The van der Waals surface area contributed by atoms with E-state index in [0.29, 0.717) is 28.3 Å². The number of anilines is 1. The highest BCUT2D eigenvalue weighted by Gasteiger charge is 2.14. The van der Waals surface area contributed by atoms with E-state index < -0.39 is 5.97 Å². The van der Waals surface area contributed by atoms with E-state index in [1.54, 1.807) is 60.1 Å². The van der Waals surface area contributed by atoms with Gasteiger partial charge in [0.05, 0.1) is 27.7 Å². The number of amides is 1. The number of halogens is 1. The number of ether oxygens (including phenoxy) is 1. The summed E-state index contributed by atoms with van der Waals surface area (Å²) in [7, 11) is 0. The molecule has 0 bridgehead atoms. The molecule has 160 valence electrons. The second-order valence-electron chi connectivity index (χ2n) is 6.92. The summed E-state index contributed by atoms with van der Waals surface area (Å²) >= 11 is 6.18. The second kappa shape index (κ2) is 9.57. The zero-order chi connectivity index (χ0) is 22.5. The molecule has 0 aliphatic heterocycles. The van der Waals surface area contributed by atoms with Gasteiger partial charge in [0.2, 0.25) is 5.91 Å². The fraction of sp³-hybridized carbons (Fsp3) is 0.217. The summed E-state index contributed by atoms with van der Waals surface area (Å²) in [6, 6.07) is 13.1. The van der Waals surface area contributed by atoms with Crippen LogP contribution in [0.25, 0.3) is 5.69 Å². The van der Waals surface area contributed by atoms with Gasteiger partial charge in [-0.15, -0.1) is 0 Å². The van der Waals surface area contributed by atoms with Gasteiger partial charge in [-0.25, -0.2) is 9.48 Å². The fourth-order valence-corrected chi connectivity index (χ4v) is 3.02. The zero-order valence-electron chi connectivity index (χ0n) is 17.4. The lowest BCUT2D eigenvalue weighted by molar-refractivity contribution is -0.115. The third-order valence-corrected chi connectivity index (χ3v) is 5.24. The molecule has 0 saturated carbocycles. The minimum absolute atomic E-state index is 0.111. The average molecular weight is 440 g/mol. The molecule has 7 nitrogen and oxygen atoms in total. The van der Waals surface area contributed by atoms with Crippen molar-refractivity contribution in [3.63, 3.8) is 0 Å². The minimum Gasteiger partial charge on any atom is -0.454 e. The molecule has 1 amide bonds. The molecule has 3 aromatic rings. The van der Waals surface area contributed by atoms with E-state index in [9.17, 15) is 14.4 Å².